The Morgan fingerprint density at radius 2 is 0.981 bits per heavy atom. The molecule has 3 N–H and O–H groups in total. The molecule has 0 bridgehead atoms. The molecule has 0 aliphatic heterocycles. The van der Waals surface area contributed by atoms with Crippen molar-refractivity contribution in [2.75, 3.05) is 26.4 Å². The zero-order valence-corrected chi connectivity index (χ0v) is 34.6. The minimum absolute atomic E-state index is 0.186. The van der Waals surface area contributed by atoms with Crippen molar-refractivity contribution < 1.29 is 47.8 Å². The van der Waals surface area contributed by atoms with E-state index in [9.17, 15) is 24.2 Å². The quantitative estimate of drug-likeness (QED) is 0.0238. The molecule has 0 aromatic heterocycles. The van der Waals surface area contributed by atoms with Crippen LogP contribution in [-0.2, 0) is 32.7 Å². The number of carbonyl (C=O) groups is 2. The molecular formula is C42H79O10P. The van der Waals surface area contributed by atoms with Gasteiger partial charge in [-0.1, -0.05) is 160 Å². The number of esters is 2. The Kier molecular flexibility index (Phi) is 37.6. The van der Waals surface area contributed by atoms with Gasteiger partial charge in [0.2, 0.25) is 0 Å². The fourth-order valence-electron chi connectivity index (χ4n) is 5.79. The average Bonchev–Trinajstić information content (AvgIpc) is 3.14. The molecule has 0 aliphatic carbocycles. The summed E-state index contributed by atoms with van der Waals surface area (Å²) in [6.45, 7) is 2.35. The molecule has 0 rings (SSSR count). The van der Waals surface area contributed by atoms with E-state index in [0.29, 0.717) is 12.8 Å². The highest BCUT2D eigenvalue weighted by atomic mass is 31.2. The smallest absolute Gasteiger partial charge is 0.462 e. The van der Waals surface area contributed by atoms with Gasteiger partial charge < -0.3 is 24.6 Å². The molecule has 0 radical (unpaired) electrons. The highest BCUT2D eigenvalue weighted by Gasteiger charge is 2.27. The van der Waals surface area contributed by atoms with Gasteiger partial charge in [-0.15, -0.1) is 0 Å². The van der Waals surface area contributed by atoms with Gasteiger partial charge in [0, 0.05) is 12.8 Å². The first kappa shape index (κ1) is 51.5. The molecule has 312 valence electrons. The number of carbonyl (C=O) groups excluding carboxylic acids is 2. The molecule has 0 amide bonds. The minimum atomic E-state index is -4.61. The van der Waals surface area contributed by atoms with E-state index in [1.54, 1.807) is 0 Å². The van der Waals surface area contributed by atoms with Gasteiger partial charge in [-0.3, -0.25) is 18.6 Å². The number of ether oxygens (including phenoxy) is 2. The minimum Gasteiger partial charge on any atom is -0.462 e. The van der Waals surface area contributed by atoms with E-state index in [1.165, 1.54) is 103 Å². The number of allylic oxidation sites excluding steroid dienone is 4. The van der Waals surface area contributed by atoms with Crippen molar-refractivity contribution in [1.29, 1.82) is 0 Å². The second-order valence-corrected chi connectivity index (χ2v) is 15.8. The summed E-state index contributed by atoms with van der Waals surface area (Å²) in [7, 11) is -4.61. The van der Waals surface area contributed by atoms with Crippen LogP contribution in [0.1, 0.15) is 194 Å². The molecule has 0 heterocycles. The van der Waals surface area contributed by atoms with E-state index in [4.69, 9.17) is 19.1 Å². The Balaban J connectivity index is 4.29. The van der Waals surface area contributed by atoms with Gasteiger partial charge in [0.25, 0.3) is 0 Å². The maximum atomic E-state index is 12.6. The molecule has 53 heavy (non-hydrogen) atoms. The van der Waals surface area contributed by atoms with Crippen molar-refractivity contribution >= 4 is 19.8 Å². The number of hydrogen-bond acceptors (Lipinski definition) is 9. The number of phosphoric ester groups is 1. The van der Waals surface area contributed by atoms with E-state index in [0.717, 1.165) is 51.4 Å². The first-order valence-corrected chi connectivity index (χ1v) is 22.8. The Labute approximate surface area is 323 Å². The normalized spacial score (nSPS) is 14.1. The molecule has 0 aromatic rings. The predicted octanol–water partition coefficient (Wildman–Crippen LogP) is 11.0. The molecule has 10 nitrogen and oxygen atoms in total. The summed E-state index contributed by atoms with van der Waals surface area (Å²) in [4.78, 5) is 34.9. The highest BCUT2D eigenvalue weighted by Crippen LogP contribution is 2.43. The van der Waals surface area contributed by atoms with Gasteiger partial charge in [-0.2, -0.15) is 0 Å². The van der Waals surface area contributed by atoms with Crippen LogP contribution in [0, 0.1) is 0 Å². The molecule has 0 saturated carbocycles. The monoisotopic (exact) mass is 775 g/mol. The summed E-state index contributed by atoms with van der Waals surface area (Å²) in [6.07, 6.45) is 37.1. The van der Waals surface area contributed by atoms with Crippen LogP contribution in [-0.4, -0.2) is 65.7 Å². The van der Waals surface area contributed by atoms with Crippen LogP contribution >= 0.6 is 7.82 Å². The largest absolute Gasteiger partial charge is 0.472 e. The van der Waals surface area contributed by atoms with Gasteiger partial charge >= 0.3 is 19.8 Å². The van der Waals surface area contributed by atoms with Gasteiger partial charge in [0.05, 0.1) is 19.8 Å². The average molecular weight is 775 g/mol. The van der Waals surface area contributed by atoms with Gasteiger partial charge in [-0.25, -0.2) is 4.57 Å². The summed E-state index contributed by atoms with van der Waals surface area (Å²) in [5.74, 6) is -0.928. The predicted molar refractivity (Wildman–Crippen MR) is 215 cm³/mol. The molecule has 0 saturated heterocycles. The lowest BCUT2D eigenvalue weighted by Gasteiger charge is -2.20. The summed E-state index contributed by atoms with van der Waals surface area (Å²) in [5.41, 5.74) is 0. The summed E-state index contributed by atoms with van der Waals surface area (Å²) in [6, 6.07) is 0. The lowest BCUT2D eigenvalue weighted by Crippen LogP contribution is -2.29. The van der Waals surface area contributed by atoms with E-state index >= 15 is 0 Å². The molecule has 0 aromatic carbocycles. The van der Waals surface area contributed by atoms with Crippen molar-refractivity contribution in [3.63, 3.8) is 0 Å². The molecule has 1 unspecified atom stereocenters. The van der Waals surface area contributed by atoms with Crippen LogP contribution in [0.3, 0.4) is 0 Å². The maximum Gasteiger partial charge on any atom is 0.472 e. The fraction of sp³-hybridized carbons (Fsp3) is 0.857. The Bertz CT molecular complexity index is 941. The van der Waals surface area contributed by atoms with E-state index in [1.807, 2.05) is 0 Å². The van der Waals surface area contributed by atoms with Gasteiger partial charge in [0.1, 0.15) is 12.7 Å². The Hall–Kier alpha value is -1.55. The third kappa shape index (κ3) is 38.5. The van der Waals surface area contributed by atoms with Crippen LogP contribution < -0.4 is 0 Å². The second kappa shape index (κ2) is 38.7. The Morgan fingerprint density at radius 1 is 0.566 bits per heavy atom. The molecule has 0 spiro atoms. The molecule has 11 heteroatoms. The zero-order chi connectivity index (χ0) is 39.1. The van der Waals surface area contributed by atoms with Crippen molar-refractivity contribution in [2.24, 2.45) is 0 Å². The standard InChI is InChI=1S/C42H79O10P/c1-3-5-7-9-11-13-15-17-18-19-20-22-23-25-27-29-31-33-41(45)49-37-40(38-51-53(47,48)50-36-39(44)35-43)52-42(46)34-32-30-28-26-24-21-16-14-12-10-8-6-4-2/h11,13,17-18,39-40,43-44H,3-10,12,14-16,19-38H2,1-2H3,(H,47,48)/b13-11+,18-17+/t39-,40+/m0/s1. The maximum absolute atomic E-state index is 12.6. The number of rotatable bonds is 40. The summed E-state index contributed by atoms with van der Waals surface area (Å²) < 4.78 is 32.7. The van der Waals surface area contributed by atoms with Crippen LogP contribution in [0.15, 0.2) is 24.3 Å². The lowest BCUT2D eigenvalue weighted by molar-refractivity contribution is -0.161. The third-order valence-electron chi connectivity index (χ3n) is 9.11. The summed E-state index contributed by atoms with van der Waals surface area (Å²) in [5, 5.41) is 18.3. The fourth-order valence-corrected chi connectivity index (χ4v) is 6.58. The topological polar surface area (TPSA) is 149 Å². The number of unbranched alkanes of at least 4 members (excludes halogenated alkanes) is 22. The van der Waals surface area contributed by atoms with E-state index in [2.05, 4.69) is 42.7 Å². The molecular weight excluding hydrogens is 695 g/mol. The first-order chi connectivity index (χ1) is 25.7. The van der Waals surface area contributed by atoms with Crippen molar-refractivity contribution in [1.82, 2.24) is 0 Å². The number of hydrogen-bond donors (Lipinski definition) is 3. The zero-order valence-electron chi connectivity index (χ0n) is 33.7. The van der Waals surface area contributed by atoms with E-state index < -0.39 is 51.8 Å². The SMILES string of the molecule is CCCCC/C=C/C/C=C/CCCCCCCCCC(=O)OC[C@H](COP(=O)(O)OC[C@@H](O)CO)OC(=O)CCCCCCCCCCCCCCC. The number of phosphoric acid groups is 1. The molecule has 0 aliphatic rings. The number of aliphatic hydroxyl groups excluding tert-OH is 2. The van der Waals surface area contributed by atoms with Crippen LogP contribution in [0.5, 0.6) is 0 Å². The summed E-state index contributed by atoms with van der Waals surface area (Å²) >= 11 is 0. The lowest BCUT2D eigenvalue weighted by atomic mass is 10.0. The molecule has 3 atom stereocenters. The number of aliphatic hydroxyl groups is 2. The van der Waals surface area contributed by atoms with Crippen molar-refractivity contribution in [2.45, 2.75) is 206 Å². The van der Waals surface area contributed by atoms with Crippen LogP contribution in [0.2, 0.25) is 0 Å². The van der Waals surface area contributed by atoms with Crippen molar-refractivity contribution in [3.8, 4) is 0 Å². The molecule has 0 fully saturated rings. The van der Waals surface area contributed by atoms with Gasteiger partial charge in [-0.05, 0) is 44.9 Å². The third-order valence-corrected chi connectivity index (χ3v) is 10.1. The Morgan fingerprint density at radius 3 is 1.49 bits per heavy atom. The van der Waals surface area contributed by atoms with Crippen LogP contribution in [0.25, 0.3) is 0 Å². The van der Waals surface area contributed by atoms with Crippen LogP contribution in [0.4, 0.5) is 0 Å². The second-order valence-electron chi connectivity index (χ2n) is 14.4. The van der Waals surface area contributed by atoms with Gasteiger partial charge in [0.15, 0.2) is 6.10 Å². The van der Waals surface area contributed by atoms with Crippen molar-refractivity contribution in [3.05, 3.63) is 24.3 Å². The first-order valence-electron chi connectivity index (χ1n) is 21.3. The van der Waals surface area contributed by atoms with E-state index in [-0.39, 0.29) is 19.4 Å². The highest BCUT2D eigenvalue weighted by molar-refractivity contribution is 7.47.